The molecule has 0 aromatic carbocycles. The van der Waals surface area contributed by atoms with Gasteiger partial charge in [-0.1, -0.05) is 0 Å². The number of nitrogens with zero attached hydrogens (tertiary/aromatic N) is 1. The van der Waals surface area contributed by atoms with Gasteiger partial charge in [0.2, 0.25) is 0 Å². The number of pyridine rings is 1. The Labute approximate surface area is 86.9 Å². The van der Waals surface area contributed by atoms with Crippen LogP contribution < -0.4 is 5.32 Å². The summed E-state index contributed by atoms with van der Waals surface area (Å²) in [6.07, 6.45) is 5.63. The molecule has 1 aliphatic carbocycles. The van der Waals surface area contributed by atoms with Gasteiger partial charge in [0, 0.05) is 11.7 Å². The predicted molar refractivity (Wildman–Crippen MR) is 57.8 cm³/mol. The third-order valence-electron chi connectivity index (χ3n) is 2.64. The molecule has 13 heavy (non-hydrogen) atoms. The van der Waals surface area contributed by atoms with Crippen LogP contribution in [0, 0.1) is 0 Å². The Balaban J connectivity index is 2.13. The van der Waals surface area contributed by atoms with Gasteiger partial charge in [-0.3, -0.25) is 0 Å². The molecule has 1 aromatic rings. The normalized spacial score (nSPS) is 19.2. The van der Waals surface area contributed by atoms with Crippen LogP contribution in [0.2, 0.25) is 0 Å². The van der Waals surface area contributed by atoms with Crippen LogP contribution in [0.15, 0.2) is 22.8 Å². The highest BCUT2D eigenvalue weighted by Crippen LogP contribution is 2.35. The second-order valence-electron chi connectivity index (χ2n) is 3.87. The van der Waals surface area contributed by atoms with E-state index in [1.54, 1.807) is 0 Å². The standard InChI is InChI=1S/C10H13BrN2/c1-10(5-3-6-10)13-9-8(11)4-2-7-12-9/h2,4,7H,3,5-6H2,1H3,(H,12,13). The third kappa shape index (κ3) is 1.85. The highest BCUT2D eigenvalue weighted by molar-refractivity contribution is 9.10. The summed E-state index contributed by atoms with van der Waals surface area (Å²) >= 11 is 3.48. The molecule has 1 aromatic heterocycles. The van der Waals surface area contributed by atoms with E-state index in [1.165, 1.54) is 19.3 Å². The van der Waals surface area contributed by atoms with E-state index in [4.69, 9.17) is 0 Å². The SMILES string of the molecule is CC1(Nc2ncccc2Br)CCC1. The van der Waals surface area contributed by atoms with E-state index in [9.17, 15) is 0 Å². The lowest BCUT2D eigenvalue weighted by atomic mass is 9.78. The molecule has 2 rings (SSSR count). The van der Waals surface area contributed by atoms with Crippen LogP contribution in [-0.2, 0) is 0 Å². The van der Waals surface area contributed by atoms with Gasteiger partial charge in [-0.2, -0.15) is 0 Å². The van der Waals surface area contributed by atoms with E-state index in [0.717, 1.165) is 10.3 Å². The first kappa shape index (κ1) is 9.00. The molecular weight excluding hydrogens is 228 g/mol. The van der Waals surface area contributed by atoms with E-state index in [0.29, 0.717) is 0 Å². The lowest BCUT2D eigenvalue weighted by Gasteiger charge is -2.39. The Morgan fingerprint density at radius 3 is 2.85 bits per heavy atom. The van der Waals surface area contributed by atoms with E-state index in [1.807, 2.05) is 18.3 Å². The largest absolute Gasteiger partial charge is 0.364 e. The van der Waals surface area contributed by atoms with Gasteiger partial charge in [0.1, 0.15) is 5.82 Å². The van der Waals surface area contributed by atoms with Gasteiger partial charge >= 0.3 is 0 Å². The molecule has 0 spiro atoms. The van der Waals surface area contributed by atoms with E-state index in [-0.39, 0.29) is 5.54 Å². The van der Waals surface area contributed by atoms with Crippen molar-refractivity contribution in [2.75, 3.05) is 5.32 Å². The van der Waals surface area contributed by atoms with Crippen molar-refractivity contribution in [2.24, 2.45) is 0 Å². The zero-order chi connectivity index (χ0) is 9.31. The minimum atomic E-state index is 0.275. The highest BCUT2D eigenvalue weighted by atomic mass is 79.9. The lowest BCUT2D eigenvalue weighted by molar-refractivity contribution is 0.305. The first-order chi connectivity index (χ1) is 6.20. The highest BCUT2D eigenvalue weighted by Gasteiger charge is 2.32. The molecule has 1 saturated carbocycles. The molecule has 0 atom stereocenters. The fourth-order valence-corrected chi connectivity index (χ4v) is 1.95. The Hall–Kier alpha value is -0.570. The Bertz CT molecular complexity index is 308. The summed E-state index contributed by atoms with van der Waals surface area (Å²) in [7, 11) is 0. The molecular formula is C10H13BrN2. The molecule has 0 saturated heterocycles. The molecule has 1 heterocycles. The molecule has 1 aliphatic rings. The Morgan fingerprint density at radius 1 is 1.54 bits per heavy atom. The van der Waals surface area contributed by atoms with Gasteiger partial charge in [-0.15, -0.1) is 0 Å². The Kier molecular flexibility index (Phi) is 2.28. The number of halogens is 1. The zero-order valence-corrected chi connectivity index (χ0v) is 9.26. The van der Waals surface area contributed by atoms with Crippen molar-refractivity contribution in [2.45, 2.75) is 31.7 Å². The van der Waals surface area contributed by atoms with Gasteiger partial charge in [0.15, 0.2) is 0 Å². The molecule has 3 heteroatoms. The smallest absolute Gasteiger partial charge is 0.140 e. The van der Waals surface area contributed by atoms with Crippen LogP contribution in [0.1, 0.15) is 26.2 Å². The van der Waals surface area contributed by atoms with Crippen molar-refractivity contribution in [1.82, 2.24) is 4.98 Å². The van der Waals surface area contributed by atoms with Crippen molar-refractivity contribution in [3.05, 3.63) is 22.8 Å². The monoisotopic (exact) mass is 240 g/mol. The number of anilines is 1. The van der Waals surface area contributed by atoms with Crippen molar-refractivity contribution < 1.29 is 0 Å². The van der Waals surface area contributed by atoms with Crippen LogP contribution in [0.3, 0.4) is 0 Å². The summed E-state index contributed by atoms with van der Waals surface area (Å²) in [4.78, 5) is 4.29. The minimum Gasteiger partial charge on any atom is -0.364 e. The average molecular weight is 241 g/mol. The summed E-state index contributed by atoms with van der Waals surface area (Å²) in [6, 6.07) is 3.94. The fourth-order valence-electron chi connectivity index (χ4n) is 1.60. The molecule has 0 radical (unpaired) electrons. The first-order valence-corrected chi connectivity index (χ1v) is 5.38. The number of rotatable bonds is 2. The fraction of sp³-hybridized carbons (Fsp3) is 0.500. The third-order valence-corrected chi connectivity index (χ3v) is 3.28. The number of nitrogens with one attached hydrogen (secondary N) is 1. The number of hydrogen-bond acceptors (Lipinski definition) is 2. The number of aromatic nitrogens is 1. The van der Waals surface area contributed by atoms with Gasteiger partial charge in [0.05, 0.1) is 4.47 Å². The van der Waals surface area contributed by atoms with Gasteiger partial charge in [-0.25, -0.2) is 4.98 Å². The second kappa shape index (κ2) is 3.29. The summed E-state index contributed by atoms with van der Waals surface area (Å²) in [5, 5.41) is 3.47. The predicted octanol–water partition coefficient (Wildman–Crippen LogP) is 3.20. The zero-order valence-electron chi connectivity index (χ0n) is 7.68. The van der Waals surface area contributed by atoms with Crippen LogP contribution in [0.25, 0.3) is 0 Å². The maximum absolute atomic E-state index is 4.29. The molecule has 2 nitrogen and oxygen atoms in total. The second-order valence-corrected chi connectivity index (χ2v) is 4.73. The summed E-state index contributed by atoms with van der Waals surface area (Å²) in [6.45, 7) is 2.25. The van der Waals surface area contributed by atoms with Gasteiger partial charge in [-0.05, 0) is 54.2 Å². The van der Waals surface area contributed by atoms with Gasteiger partial charge < -0.3 is 5.32 Å². The quantitative estimate of drug-likeness (QED) is 0.859. The molecule has 70 valence electrons. The molecule has 0 aliphatic heterocycles. The maximum Gasteiger partial charge on any atom is 0.140 e. The molecule has 1 fully saturated rings. The van der Waals surface area contributed by atoms with Crippen molar-refractivity contribution in [3.8, 4) is 0 Å². The van der Waals surface area contributed by atoms with Crippen molar-refractivity contribution in [3.63, 3.8) is 0 Å². The van der Waals surface area contributed by atoms with E-state index >= 15 is 0 Å². The van der Waals surface area contributed by atoms with Crippen molar-refractivity contribution >= 4 is 21.7 Å². The maximum atomic E-state index is 4.29. The Morgan fingerprint density at radius 2 is 2.31 bits per heavy atom. The lowest BCUT2D eigenvalue weighted by Crippen LogP contribution is -2.41. The van der Waals surface area contributed by atoms with Crippen LogP contribution in [0.5, 0.6) is 0 Å². The average Bonchev–Trinajstić information content (AvgIpc) is 2.06. The first-order valence-electron chi connectivity index (χ1n) is 4.58. The van der Waals surface area contributed by atoms with E-state index in [2.05, 4.69) is 33.2 Å². The van der Waals surface area contributed by atoms with Gasteiger partial charge in [0.25, 0.3) is 0 Å². The molecule has 1 N–H and O–H groups in total. The number of hydrogen-bond donors (Lipinski definition) is 1. The summed E-state index contributed by atoms with van der Waals surface area (Å²) < 4.78 is 1.04. The topological polar surface area (TPSA) is 24.9 Å². The van der Waals surface area contributed by atoms with E-state index < -0.39 is 0 Å². The van der Waals surface area contributed by atoms with Crippen LogP contribution in [-0.4, -0.2) is 10.5 Å². The molecule has 0 bridgehead atoms. The molecule has 0 amide bonds. The molecule has 0 unspecified atom stereocenters. The van der Waals surface area contributed by atoms with Crippen LogP contribution >= 0.6 is 15.9 Å². The minimum absolute atomic E-state index is 0.275. The summed E-state index contributed by atoms with van der Waals surface area (Å²) in [5.41, 5.74) is 0.275. The summed E-state index contributed by atoms with van der Waals surface area (Å²) in [5.74, 6) is 0.963. The van der Waals surface area contributed by atoms with Crippen LogP contribution in [0.4, 0.5) is 5.82 Å². The van der Waals surface area contributed by atoms with Crippen molar-refractivity contribution in [1.29, 1.82) is 0 Å².